The van der Waals surface area contributed by atoms with Gasteiger partial charge in [-0.05, 0) is 30.9 Å². The van der Waals surface area contributed by atoms with Gasteiger partial charge in [-0.3, -0.25) is 9.36 Å². The maximum absolute atomic E-state index is 13.2. The van der Waals surface area contributed by atoms with Crippen LogP contribution in [0.3, 0.4) is 0 Å². The highest BCUT2D eigenvalue weighted by atomic mass is 32.1. The molecule has 1 saturated heterocycles. The van der Waals surface area contributed by atoms with Crippen molar-refractivity contribution in [2.24, 2.45) is 0 Å². The highest BCUT2D eigenvalue weighted by molar-refractivity contribution is 7.17. The van der Waals surface area contributed by atoms with Crippen molar-refractivity contribution in [1.82, 2.24) is 9.55 Å². The monoisotopic (exact) mass is 375 g/mol. The van der Waals surface area contributed by atoms with Gasteiger partial charge < -0.3 is 4.90 Å². The molecule has 3 aromatic rings. The number of piperidine rings is 1. The molecule has 2 aromatic heterocycles. The maximum atomic E-state index is 13.2. The van der Waals surface area contributed by atoms with Crippen LogP contribution in [0.25, 0.3) is 10.2 Å². The van der Waals surface area contributed by atoms with Crippen LogP contribution in [0, 0.1) is 22.7 Å². The summed E-state index contributed by atoms with van der Waals surface area (Å²) in [5.41, 5.74) is 2.11. The van der Waals surface area contributed by atoms with Gasteiger partial charge in [0.1, 0.15) is 16.3 Å². The van der Waals surface area contributed by atoms with Crippen LogP contribution < -0.4 is 10.5 Å². The summed E-state index contributed by atoms with van der Waals surface area (Å²) in [6.45, 7) is 1.96. The fraction of sp³-hybridized carbons (Fsp3) is 0.300. The molecule has 1 aromatic carbocycles. The van der Waals surface area contributed by atoms with E-state index >= 15 is 0 Å². The van der Waals surface area contributed by atoms with Gasteiger partial charge in [0.2, 0.25) is 5.95 Å². The second kappa shape index (κ2) is 7.22. The van der Waals surface area contributed by atoms with Crippen LogP contribution in [0.1, 0.15) is 36.0 Å². The van der Waals surface area contributed by atoms with Gasteiger partial charge in [-0.2, -0.15) is 10.5 Å². The molecule has 4 rings (SSSR count). The van der Waals surface area contributed by atoms with Crippen LogP contribution in [0.2, 0.25) is 0 Å². The topological polar surface area (TPSA) is 85.7 Å². The highest BCUT2D eigenvalue weighted by Crippen LogP contribution is 2.26. The molecular weight excluding hydrogens is 358 g/mol. The molecule has 27 heavy (non-hydrogen) atoms. The molecule has 6 nitrogen and oxygen atoms in total. The molecule has 0 amide bonds. The number of fused-ring (bicyclic) bond motifs is 1. The molecule has 0 radical (unpaired) electrons. The van der Waals surface area contributed by atoms with Crippen LogP contribution in [0.15, 0.2) is 34.4 Å². The normalized spacial score (nSPS) is 14.1. The van der Waals surface area contributed by atoms with Crippen molar-refractivity contribution in [1.29, 1.82) is 10.5 Å². The van der Waals surface area contributed by atoms with E-state index in [1.807, 2.05) is 18.2 Å². The molecule has 1 aliphatic heterocycles. The Morgan fingerprint density at radius 2 is 1.81 bits per heavy atom. The number of aromatic nitrogens is 2. The predicted molar refractivity (Wildman–Crippen MR) is 105 cm³/mol. The second-order valence-electron chi connectivity index (χ2n) is 6.56. The zero-order valence-electron chi connectivity index (χ0n) is 14.7. The first-order valence-corrected chi connectivity index (χ1v) is 9.76. The van der Waals surface area contributed by atoms with E-state index in [9.17, 15) is 15.3 Å². The van der Waals surface area contributed by atoms with Crippen molar-refractivity contribution >= 4 is 27.5 Å². The zero-order chi connectivity index (χ0) is 18.8. The number of nitriles is 2. The molecule has 0 aliphatic carbocycles. The van der Waals surface area contributed by atoms with Gasteiger partial charge in [0.05, 0.1) is 23.7 Å². The van der Waals surface area contributed by atoms with Crippen molar-refractivity contribution in [3.63, 3.8) is 0 Å². The second-order valence-corrected chi connectivity index (χ2v) is 7.44. The first-order chi connectivity index (χ1) is 13.2. The number of hydrogen-bond donors (Lipinski definition) is 0. The van der Waals surface area contributed by atoms with Gasteiger partial charge >= 0.3 is 0 Å². The minimum Gasteiger partial charge on any atom is -0.342 e. The third-order valence-electron chi connectivity index (χ3n) is 4.88. The van der Waals surface area contributed by atoms with Gasteiger partial charge in [0.25, 0.3) is 5.56 Å². The van der Waals surface area contributed by atoms with E-state index in [1.165, 1.54) is 17.8 Å². The number of rotatable bonds is 3. The van der Waals surface area contributed by atoms with E-state index in [0.29, 0.717) is 27.3 Å². The molecule has 0 N–H and O–H groups in total. The number of hydrogen-bond acceptors (Lipinski definition) is 6. The van der Waals surface area contributed by atoms with Crippen LogP contribution in [-0.2, 0) is 6.54 Å². The van der Waals surface area contributed by atoms with Gasteiger partial charge in [-0.15, -0.1) is 11.3 Å². The van der Waals surface area contributed by atoms with Gasteiger partial charge in [-0.1, -0.05) is 18.2 Å². The van der Waals surface area contributed by atoms with E-state index in [4.69, 9.17) is 4.98 Å². The Kier molecular flexibility index (Phi) is 4.62. The highest BCUT2D eigenvalue weighted by Gasteiger charge is 2.22. The van der Waals surface area contributed by atoms with Crippen molar-refractivity contribution in [3.8, 4) is 12.1 Å². The molecule has 0 atom stereocenters. The third-order valence-corrected chi connectivity index (χ3v) is 5.84. The van der Waals surface area contributed by atoms with Gasteiger partial charge in [0, 0.05) is 18.5 Å². The van der Waals surface area contributed by atoms with Gasteiger partial charge in [-0.25, -0.2) is 4.98 Å². The molecule has 7 heteroatoms. The largest absolute Gasteiger partial charge is 0.342 e. The average molecular weight is 375 g/mol. The molecule has 134 valence electrons. The Bertz CT molecular complexity index is 1140. The molecule has 3 heterocycles. The molecule has 1 fully saturated rings. The third kappa shape index (κ3) is 3.07. The minimum atomic E-state index is -0.153. The molecular formula is C20H17N5OS. The Labute approximate surface area is 160 Å². The lowest BCUT2D eigenvalue weighted by Crippen LogP contribution is -2.36. The molecule has 0 bridgehead atoms. The fourth-order valence-electron chi connectivity index (χ4n) is 3.48. The van der Waals surface area contributed by atoms with Crippen molar-refractivity contribution in [2.45, 2.75) is 25.8 Å². The van der Waals surface area contributed by atoms with Crippen LogP contribution >= 0.6 is 11.3 Å². The minimum absolute atomic E-state index is 0.153. The maximum Gasteiger partial charge on any atom is 0.273 e. The first kappa shape index (κ1) is 17.3. The summed E-state index contributed by atoms with van der Waals surface area (Å²) in [5.74, 6) is 0.592. The van der Waals surface area contributed by atoms with E-state index in [-0.39, 0.29) is 12.1 Å². The number of nitrogens with zero attached hydrogens (tertiary/aromatic N) is 5. The lowest BCUT2D eigenvalue weighted by atomic mass is 10.1. The molecule has 1 aliphatic rings. The quantitative estimate of drug-likeness (QED) is 0.701. The van der Waals surface area contributed by atoms with Crippen molar-refractivity contribution in [3.05, 3.63) is 56.7 Å². The molecule has 0 unspecified atom stereocenters. The summed E-state index contributed by atoms with van der Waals surface area (Å²) < 4.78 is 2.14. The Balaban J connectivity index is 1.92. The lowest BCUT2D eigenvalue weighted by Gasteiger charge is -2.29. The number of benzene rings is 1. The van der Waals surface area contributed by atoms with Crippen LogP contribution in [-0.4, -0.2) is 22.6 Å². The van der Waals surface area contributed by atoms with E-state index in [0.717, 1.165) is 31.5 Å². The van der Waals surface area contributed by atoms with Crippen molar-refractivity contribution in [2.75, 3.05) is 18.0 Å². The first-order valence-electron chi connectivity index (χ1n) is 8.88. The predicted octanol–water partition coefficient (Wildman–Crippen LogP) is 3.24. The SMILES string of the molecule is N#Cc1ccccc1Cn1c(N2CCCCC2)nc2c(C#N)csc2c1=O. The van der Waals surface area contributed by atoms with Crippen molar-refractivity contribution < 1.29 is 0 Å². The summed E-state index contributed by atoms with van der Waals surface area (Å²) in [7, 11) is 0. The number of thiophene rings is 1. The zero-order valence-corrected chi connectivity index (χ0v) is 15.5. The summed E-state index contributed by atoms with van der Waals surface area (Å²) in [4.78, 5) is 20.1. The average Bonchev–Trinajstić information content (AvgIpc) is 3.14. The van der Waals surface area contributed by atoms with Crippen LogP contribution in [0.4, 0.5) is 5.95 Å². The summed E-state index contributed by atoms with van der Waals surface area (Å²) in [6.07, 6.45) is 3.27. The van der Waals surface area contributed by atoms with E-state index in [2.05, 4.69) is 17.0 Å². The Morgan fingerprint density at radius 3 is 2.56 bits per heavy atom. The fourth-order valence-corrected chi connectivity index (χ4v) is 4.36. The van der Waals surface area contributed by atoms with Gasteiger partial charge in [0.15, 0.2) is 0 Å². The molecule has 0 saturated carbocycles. The summed E-state index contributed by atoms with van der Waals surface area (Å²) in [6, 6.07) is 11.6. The Morgan fingerprint density at radius 1 is 1.07 bits per heavy atom. The Hall–Kier alpha value is -3.16. The van der Waals surface area contributed by atoms with E-state index in [1.54, 1.807) is 16.0 Å². The van der Waals surface area contributed by atoms with Crippen LogP contribution in [0.5, 0.6) is 0 Å². The van der Waals surface area contributed by atoms with E-state index < -0.39 is 0 Å². The standard InChI is InChI=1S/C20H17N5OS/c21-10-14-6-2-3-7-15(14)12-25-19(26)18-17(16(11-22)13-27-18)23-20(25)24-8-4-1-5-9-24/h2-3,6-7,13H,1,4-5,8-9,12H2. The smallest absolute Gasteiger partial charge is 0.273 e. The number of anilines is 1. The summed E-state index contributed by atoms with van der Waals surface area (Å²) in [5, 5.41) is 20.4. The summed E-state index contributed by atoms with van der Waals surface area (Å²) >= 11 is 1.25. The molecule has 0 spiro atoms. The lowest BCUT2D eigenvalue weighted by molar-refractivity contribution is 0.553.